The second-order valence-corrected chi connectivity index (χ2v) is 9.49. The summed E-state index contributed by atoms with van der Waals surface area (Å²) in [6, 6.07) is 7.03. The predicted molar refractivity (Wildman–Crippen MR) is 150 cm³/mol. The van der Waals surface area contributed by atoms with Crippen LogP contribution in [0.25, 0.3) is 0 Å². The van der Waals surface area contributed by atoms with Gasteiger partial charge in [-0.25, -0.2) is 9.97 Å². The monoisotopic (exact) mass is 524 g/mol. The van der Waals surface area contributed by atoms with Crippen molar-refractivity contribution in [3.05, 3.63) is 53.4 Å². The van der Waals surface area contributed by atoms with Crippen LogP contribution in [0, 0.1) is 0 Å². The fourth-order valence-electron chi connectivity index (χ4n) is 3.49. The molecule has 6 N–H and O–H groups in total. The Labute approximate surface area is 224 Å². The first kappa shape index (κ1) is 30.2. The molecule has 0 spiro atoms. The van der Waals surface area contributed by atoms with Crippen LogP contribution in [-0.2, 0) is 22.4 Å². The molecule has 11 nitrogen and oxygen atoms in total. The molecule has 2 rings (SSSR count). The summed E-state index contributed by atoms with van der Waals surface area (Å²) in [6.07, 6.45) is 4.32. The Balaban J connectivity index is 2.02. The number of nitrogens with one attached hydrogen (secondary N) is 4. The van der Waals surface area contributed by atoms with Gasteiger partial charge in [0.2, 0.25) is 11.8 Å². The number of hydrogen-bond acceptors (Lipinski definition) is 8. The third-order valence-electron chi connectivity index (χ3n) is 5.36. The van der Waals surface area contributed by atoms with E-state index in [0.29, 0.717) is 43.1 Å². The van der Waals surface area contributed by atoms with Crippen molar-refractivity contribution in [2.75, 3.05) is 37.8 Å². The van der Waals surface area contributed by atoms with E-state index in [1.54, 1.807) is 13.0 Å². The summed E-state index contributed by atoms with van der Waals surface area (Å²) in [5.74, 6) is -0.378. The Hall–Kier alpha value is -3.99. The third kappa shape index (κ3) is 9.81. The first-order chi connectivity index (χ1) is 18.0. The zero-order valence-corrected chi connectivity index (χ0v) is 23.1. The van der Waals surface area contributed by atoms with Crippen LogP contribution >= 0.6 is 0 Å². The van der Waals surface area contributed by atoms with E-state index in [2.05, 4.69) is 31.2 Å². The molecule has 1 heterocycles. The molecule has 0 bridgehead atoms. The van der Waals surface area contributed by atoms with Crippen LogP contribution in [0.5, 0.6) is 0 Å². The van der Waals surface area contributed by atoms with E-state index < -0.39 is 11.9 Å². The second-order valence-electron chi connectivity index (χ2n) is 9.49. The summed E-state index contributed by atoms with van der Waals surface area (Å²) in [4.78, 5) is 47.4. The molecule has 38 heavy (non-hydrogen) atoms. The molecule has 3 amide bonds. The lowest BCUT2D eigenvalue weighted by Gasteiger charge is -2.17. The van der Waals surface area contributed by atoms with Crippen LogP contribution < -0.4 is 27.0 Å². The number of aryl methyl sites for hydroxylation is 1. The maximum atomic E-state index is 12.4. The molecule has 2 aromatic rings. The minimum atomic E-state index is -0.668. The number of amides is 3. The number of anilines is 3. The number of carbonyl (C=O) groups is 3. The highest BCUT2D eigenvalue weighted by Gasteiger charge is 2.18. The van der Waals surface area contributed by atoms with E-state index in [0.717, 1.165) is 5.56 Å². The van der Waals surface area contributed by atoms with Crippen molar-refractivity contribution in [2.24, 2.45) is 5.73 Å². The van der Waals surface area contributed by atoms with E-state index in [4.69, 9.17) is 5.73 Å². The summed E-state index contributed by atoms with van der Waals surface area (Å²) >= 11 is 0. The molecule has 0 saturated carbocycles. The molecule has 1 atom stereocenters. The lowest BCUT2D eigenvalue weighted by Crippen LogP contribution is -2.44. The largest absolute Gasteiger partial charge is 0.366 e. The van der Waals surface area contributed by atoms with E-state index in [9.17, 15) is 14.4 Å². The van der Waals surface area contributed by atoms with Crippen LogP contribution in [0.1, 0.15) is 49.4 Å². The Morgan fingerprint density at radius 1 is 1.11 bits per heavy atom. The van der Waals surface area contributed by atoms with Gasteiger partial charge >= 0.3 is 0 Å². The van der Waals surface area contributed by atoms with Gasteiger partial charge in [-0.2, -0.15) is 0 Å². The highest BCUT2D eigenvalue weighted by atomic mass is 16.2. The molecule has 0 aliphatic heterocycles. The maximum Gasteiger partial charge on any atom is 0.271 e. The van der Waals surface area contributed by atoms with Gasteiger partial charge in [-0.05, 0) is 65.4 Å². The van der Waals surface area contributed by atoms with Crippen molar-refractivity contribution < 1.29 is 14.4 Å². The average Bonchev–Trinajstić information content (AvgIpc) is 2.83. The molecular weight excluding hydrogens is 484 g/mol. The normalized spacial score (nSPS) is 12.0. The minimum Gasteiger partial charge on any atom is -0.366 e. The number of primary amides is 1. The quantitative estimate of drug-likeness (QED) is 0.235. The number of rotatable bonds is 14. The molecule has 11 heteroatoms. The number of nitrogens with zero attached hydrogens (tertiary/aromatic N) is 3. The van der Waals surface area contributed by atoms with Crippen LogP contribution in [0.3, 0.4) is 0 Å². The summed E-state index contributed by atoms with van der Waals surface area (Å²) in [5, 5.41) is 11.9. The van der Waals surface area contributed by atoms with Gasteiger partial charge in [0, 0.05) is 30.9 Å². The molecule has 1 aromatic heterocycles. The van der Waals surface area contributed by atoms with E-state index >= 15 is 0 Å². The highest BCUT2D eigenvalue weighted by Crippen LogP contribution is 2.23. The van der Waals surface area contributed by atoms with Crippen molar-refractivity contribution >= 4 is 35.0 Å². The zero-order chi connectivity index (χ0) is 28.2. The second kappa shape index (κ2) is 14.7. The molecule has 0 unspecified atom stereocenters. The number of benzene rings is 1. The first-order valence-corrected chi connectivity index (χ1v) is 12.7. The molecular formula is C27H40N8O3. The Morgan fingerprint density at radius 3 is 2.47 bits per heavy atom. The van der Waals surface area contributed by atoms with Gasteiger partial charge in [-0.1, -0.05) is 25.1 Å². The van der Waals surface area contributed by atoms with Gasteiger partial charge in [0.25, 0.3) is 5.91 Å². The van der Waals surface area contributed by atoms with Crippen molar-refractivity contribution in [1.82, 2.24) is 25.5 Å². The van der Waals surface area contributed by atoms with Crippen molar-refractivity contribution in [1.29, 1.82) is 0 Å². The summed E-state index contributed by atoms with van der Waals surface area (Å²) in [7, 11) is 3.81. The lowest BCUT2D eigenvalue weighted by molar-refractivity contribution is -0.126. The smallest absolute Gasteiger partial charge is 0.271 e. The molecule has 0 saturated heterocycles. The number of aromatic nitrogens is 2. The Morgan fingerprint density at radius 2 is 1.84 bits per heavy atom. The molecule has 0 aliphatic rings. The Bertz CT molecular complexity index is 1150. The van der Waals surface area contributed by atoms with Crippen LogP contribution in [0.2, 0.25) is 0 Å². The van der Waals surface area contributed by atoms with Gasteiger partial charge in [-0.3, -0.25) is 14.4 Å². The van der Waals surface area contributed by atoms with E-state index in [1.807, 2.05) is 64.0 Å². The number of hydrogen-bond donors (Lipinski definition) is 5. The molecule has 206 valence electrons. The van der Waals surface area contributed by atoms with Gasteiger partial charge in [0.05, 0.1) is 5.69 Å². The summed E-state index contributed by atoms with van der Waals surface area (Å²) in [5.41, 5.74) is 7.98. The fraction of sp³-hybridized carbons (Fsp3) is 0.444. The van der Waals surface area contributed by atoms with Gasteiger partial charge in [-0.15, -0.1) is 0 Å². The zero-order valence-electron chi connectivity index (χ0n) is 23.1. The predicted octanol–water partition coefficient (Wildman–Crippen LogP) is 1.98. The number of nitrogens with two attached hydrogens (primary N) is 1. The Kier molecular flexibility index (Phi) is 11.7. The number of likely N-dealkylation sites (N-methyl/N-ethyl adjacent to an activating group) is 1. The standard InChI is InChI=1S/C27H40N8O3/c1-7-21-25(30-17(2)3)34-26(23(33-21)24(28)37)32-20-11-8-10-19(16-20)13-14-29-27(38)18(4)31-22(36)12-9-15-35(5)6/h8-12,16-18H,7,13-15H2,1-6H3,(H2,28,37)(H,29,38)(H,31,36)(H2,30,32,34)/b12-9+/t18-/m0/s1. The topological polar surface area (TPSA) is 154 Å². The van der Waals surface area contributed by atoms with Crippen molar-refractivity contribution in [3.63, 3.8) is 0 Å². The van der Waals surface area contributed by atoms with E-state index in [-0.39, 0.29) is 29.4 Å². The van der Waals surface area contributed by atoms with Crippen LogP contribution in [0.15, 0.2) is 36.4 Å². The fourth-order valence-corrected chi connectivity index (χ4v) is 3.49. The molecule has 0 aliphatic carbocycles. The third-order valence-corrected chi connectivity index (χ3v) is 5.36. The molecule has 0 fully saturated rings. The lowest BCUT2D eigenvalue weighted by atomic mass is 10.1. The van der Waals surface area contributed by atoms with Crippen molar-refractivity contribution in [3.8, 4) is 0 Å². The maximum absolute atomic E-state index is 12.4. The average molecular weight is 525 g/mol. The first-order valence-electron chi connectivity index (χ1n) is 12.7. The van der Waals surface area contributed by atoms with Crippen LogP contribution in [0.4, 0.5) is 17.3 Å². The van der Waals surface area contributed by atoms with Gasteiger partial charge in [0.15, 0.2) is 11.5 Å². The van der Waals surface area contributed by atoms with Gasteiger partial charge < -0.3 is 31.9 Å². The SMILES string of the molecule is CCc1nc(C(N)=O)c(Nc2cccc(CCNC(=O)[C@H](C)NC(=O)/C=C/CN(C)C)c2)nc1NC(C)C. The van der Waals surface area contributed by atoms with Gasteiger partial charge in [0.1, 0.15) is 11.9 Å². The highest BCUT2D eigenvalue weighted by molar-refractivity contribution is 5.96. The molecule has 1 aromatic carbocycles. The minimum absolute atomic E-state index is 0.0708. The molecule has 0 radical (unpaired) electrons. The van der Waals surface area contributed by atoms with Crippen molar-refractivity contribution in [2.45, 2.75) is 52.6 Å². The van der Waals surface area contributed by atoms with E-state index in [1.165, 1.54) is 6.08 Å². The summed E-state index contributed by atoms with van der Waals surface area (Å²) in [6.45, 7) is 8.60. The number of carbonyl (C=O) groups excluding carboxylic acids is 3. The van der Waals surface area contributed by atoms with Crippen LogP contribution in [-0.4, -0.2) is 71.9 Å². The summed E-state index contributed by atoms with van der Waals surface area (Å²) < 4.78 is 0.